The molecule has 0 fully saturated rings. The number of amides is 1. The number of nitrogens with one attached hydrogen (secondary N) is 1. The van der Waals surface area contributed by atoms with Crippen LogP contribution in [0, 0.1) is 11.3 Å². The van der Waals surface area contributed by atoms with Gasteiger partial charge in [-0.05, 0) is 55.0 Å². The van der Waals surface area contributed by atoms with Crippen LogP contribution < -0.4 is 10.1 Å². The van der Waals surface area contributed by atoms with Crippen molar-refractivity contribution in [3.8, 4) is 34.2 Å². The van der Waals surface area contributed by atoms with E-state index in [1.54, 1.807) is 7.11 Å². The van der Waals surface area contributed by atoms with Gasteiger partial charge in [-0.3, -0.25) is 4.79 Å². The molecule has 1 atom stereocenters. The van der Waals surface area contributed by atoms with E-state index in [9.17, 15) is 10.1 Å². The molecule has 1 N–H and O–H groups in total. The van der Waals surface area contributed by atoms with E-state index in [0.717, 1.165) is 32.6 Å². The SMILES string of the molecule is COc1ccc(-c2cc(-c3ccccc3)nc(SC(C)C(=O)Nc3ccc(Br)cc3)c2C#N)cc1. The van der Waals surface area contributed by atoms with Gasteiger partial charge >= 0.3 is 0 Å². The van der Waals surface area contributed by atoms with E-state index < -0.39 is 5.25 Å². The van der Waals surface area contributed by atoms with E-state index >= 15 is 0 Å². The van der Waals surface area contributed by atoms with E-state index in [1.807, 2.05) is 91.9 Å². The maximum Gasteiger partial charge on any atom is 0.237 e. The lowest BCUT2D eigenvalue weighted by Crippen LogP contribution is -2.22. The van der Waals surface area contributed by atoms with Gasteiger partial charge in [0.15, 0.2) is 0 Å². The van der Waals surface area contributed by atoms with Crippen LogP contribution in [0.2, 0.25) is 0 Å². The average molecular weight is 544 g/mol. The Bertz CT molecular complexity index is 1370. The van der Waals surface area contributed by atoms with Gasteiger partial charge in [-0.25, -0.2) is 4.98 Å². The lowest BCUT2D eigenvalue weighted by Gasteiger charge is -2.16. The predicted octanol–water partition coefficient (Wildman–Crippen LogP) is 7.18. The number of ether oxygens (including phenoxy) is 1. The van der Waals surface area contributed by atoms with Crippen molar-refractivity contribution in [3.63, 3.8) is 0 Å². The zero-order valence-electron chi connectivity index (χ0n) is 19.2. The molecule has 0 saturated heterocycles. The highest BCUT2D eigenvalue weighted by atomic mass is 79.9. The molecule has 0 radical (unpaired) electrons. The topological polar surface area (TPSA) is 75.0 Å². The van der Waals surface area contributed by atoms with Crippen molar-refractivity contribution in [1.82, 2.24) is 4.98 Å². The minimum atomic E-state index is -0.479. The number of anilines is 1. The zero-order valence-corrected chi connectivity index (χ0v) is 21.6. The number of rotatable bonds is 7. The number of nitriles is 1. The smallest absolute Gasteiger partial charge is 0.237 e. The quantitative estimate of drug-likeness (QED) is 0.250. The van der Waals surface area contributed by atoms with Gasteiger partial charge in [-0.1, -0.05) is 70.2 Å². The fourth-order valence-electron chi connectivity index (χ4n) is 3.47. The van der Waals surface area contributed by atoms with Gasteiger partial charge in [0, 0.05) is 21.3 Å². The molecule has 5 nitrogen and oxygen atoms in total. The molecule has 4 rings (SSSR count). The monoisotopic (exact) mass is 543 g/mol. The first kappa shape index (κ1) is 24.5. The van der Waals surface area contributed by atoms with E-state index in [0.29, 0.717) is 16.3 Å². The van der Waals surface area contributed by atoms with Crippen LogP contribution in [0.4, 0.5) is 5.69 Å². The molecule has 0 bridgehead atoms. The van der Waals surface area contributed by atoms with Crippen LogP contribution in [0.3, 0.4) is 0 Å². The highest BCUT2D eigenvalue weighted by Crippen LogP contribution is 2.36. The summed E-state index contributed by atoms with van der Waals surface area (Å²) in [5.74, 6) is 0.566. The average Bonchev–Trinajstić information content (AvgIpc) is 2.90. The summed E-state index contributed by atoms with van der Waals surface area (Å²) >= 11 is 4.67. The lowest BCUT2D eigenvalue weighted by atomic mass is 9.99. The third-order valence-corrected chi connectivity index (χ3v) is 6.95. The number of nitrogens with zero attached hydrogens (tertiary/aromatic N) is 2. The van der Waals surface area contributed by atoms with Crippen LogP contribution in [0.15, 0.2) is 94.4 Å². The Hall–Kier alpha value is -3.60. The summed E-state index contributed by atoms with van der Waals surface area (Å²) < 4.78 is 6.22. The molecule has 1 unspecified atom stereocenters. The molecule has 1 aromatic heterocycles. The number of aromatic nitrogens is 1. The van der Waals surface area contributed by atoms with Crippen molar-refractivity contribution >= 4 is 39.3 Å². The lowest BCUT2D eigenvalue weighted by molar-refractivity contribution is -0.115. The summed E-state index contributed by atoms with van der Waals surface area (Å²) in [4.78, 5) is 17.7. The van der Waals surface area contributed by atoms with Crippen molar-refractivity contribution in [1.29, 1.82) is 5.26 Å². The number of hydrogen-bond donors (Lipinski definition) is 1. The van der Waals surface area contributed by atoms with E-state index in [1.165, 1.54) is 11.8 Å². The van der Waals surface area contributed by atoms with Gasteiger partial charge in [0.25, 0.3) is 0 Å². The minimum Gasteiger partial charge on any atom is -0.497 e. The van der Waals surface area contributed by atoms with Crippen molar-refractivity contribution in [2.24, 2.45) is 0 Å². The van der Waals surface area contributed by atoms with Crippen LogP contribution >= 0.6 is 27.7 Å². The highest BCUT2D eigenvalue weighted by molar-refractivity contribution is 9.10. The summed E-state index contributed by atoms with van der Waals surface area (Å²) in [6.07, 6.45) is 0. The molecular weight excluding hydrogens is 522 g/mol. The number of methoxy groups -OCH3 is 1. The first-order valence-electron chi connectivity index (χ1n) is 10.9. The summed E-state index contributed by atoms with van der Waals surface area (Å²) in [7, 11) is 1.62. The summed E-state index contributed by atoms with van der Waals surface area (Å²) in [5, 5.41) is 13.1. The molecule has 0 aliphatic rings. The number of carbonyl (C=O) groups is 1. The third-order valence-electron chi connectivity index (χ3n) is 5.34. The van der Waals surface area contributed by atoms with Gasteiger partial charge in [-0.15, -0.1) is 0 Å². The largest absolute Gasteiger partial charge is 0.497 e. The van der Waals surface area contributed by atoms with Crippen LogP contribution in [0.25, 0.3) is 22.4 Å². The fraction of sp³-hybridized carbons (Fsp3) is 0.107. The first-order chi connectivity index (χ1) is 17.0. The van der Waals surface area contributed by atoms with Gasteiger partial charge in [0.1, 0.15) is 16.8 Å². The molecule has 7 heteroatoms. The van der Waals surface area contributed by atoms with Crippen molar-refractivity contribution in [2.45, 2.75) is 17.2 Å². The highest BCUT2D eigenvalue weighted by Gasteiger charge is 2.21. The van der Waals surface area contributed by atoms with Crippen molar-refractivity contribution in [2.75, 3.05) is 12.4 Å². The maximum atomic E-state index is 12.9. The van der Waals surface area contributed by atoms with Crippen molar-refractivity contribution in [3.05, 3.63) is 95.0 Å². The van der Waals surface area contributed by atoms with Crippen LogP contribution in [-0.4, -0.2) is 23.3 Å². The minimum absolute atomic E-state index is 0.167. The van der Waals surface area contributed by atoms with Gasteiger partial charge in [0.05, 0.1) is 23.6 Å². The Kier molecular flexibility index (Phi) is 7.86. The second-order valence-corrected chi connectivity index (χ2v) is 9.94. The molecule has 35 heavy (non-hydrogen) atoms. The zero-order chi connectivity index (χ0) is 24.8. The maximum absolute atomic E-state index is 12.9. The van der Waals surface area contributed by atoms with E-state index in [-0.39, 0.29) is 5.91 Å². The number of thioether (sulfide) groups is 1. The summed E-state index contributed by atoms with van der Waals surface area (Å²) in [5.41, 5.74) is 4.43. The summed E-state index contributed by atoms with van der Waals surface area (Å²) in [6.45, 7) is 1.81. The molecule has 0 saturated carbocycles. The standard InChI is InChI=1S/C28H22BrN3O2S/c1-18(27(33)31-22-12-10-21(29)11-13-22)35-28-25(17-30)24(19-8-14-23(34-2)15-9-19)16-26(32-28)20-6-4-3-5-7-20/h3-16,18H,1-2H3,(H,31,33). The second kappa shape index (κ2) is 11.2. The predicted molar refractivity (Wildman–Crippen MR) is 144 cm³/mol. The van der Waals surface area contributed by atoms with Gasteiger partial charge < -0.3 is 10.1 Å². The Morgan fingerprint density at radius 3 is 2.34 bits per heavy atom. The van der Waals surface area contributed by atoms with Crippen LogP contribution in [0.1, 0.15) is 12.5 Å². The van der Waals surface area contributed by atoms with Crippen molar-refractivity contribution < 1.29 is 9.53 Å². The Morgan fingerprint density at radius 2 is 1.71 bits per heavy atom. The number of hydrogen-bond acceptors (Lipinski definition) is 5. The molecule has 0 aliphatic carbocycles. The van der Waals surface area contributed by atoms with Gasteiger partial charge in [-0.2, -0.15) is 5.26 Å². The summed E-state index contributed by atoms with van der Waals surface area (Å²) in [6, 6.07) is 29.0. The molecule has 0 aliphatic heterocycles. The molecule has 174 valence electrons. The molecular formula is C28H22BrN3O2S. The molecule has 3 aromatic carbocycles. The molecule has 1 amide bonds. The number of benzene rings is 3. The molecule has 4 aromatic rings. The normalized spacial score (nSPS) is 11.4. The Morgan fingerprint density at radius 1 is 1.03 bits per heavy atom. The van der Waals surface area contributed by atoms with E-state index in [4.69, 9.17) is 9.72 Å². The Balaban J connectivity index is 1.72. The van der Waals surface area contributed by atoms with E-state index in [2.05, 4.69) is 27.3 Å². The number of halogens is 1. The fourth-order valence-corrected chi connectivity index (χ4v) is 4.66. The van der Waals surface area contributed by atoms with Gasteiger partial charge in [0.2, 0.25) is 5.91 Å². The number of pyridine rings is 1. The van der Waals surface area contributed by atoms with Crippen LogP contribution in [0.5, 0.6) is 5.75 Å². The third kappa shape index (κ3) is 5.91. The second-order valence-electron chi connectivity index (χ2n) is 7.70. The molecule has 1 heterocycles. The Labute approximate surface area is 217 Å². The first-order valence-corrected chi connectivity index (χ1v) is 12.5. The number of carbonyl (C=O) groups excluding carboxylic acids is 1. The van der Waals surface area contributed by atoms with Crippen LogP contribution in [-0.2, 0) is 4.79 Å². The molecule has 0 spiro atoms.